The van der Waals surface area contributed by atoms with Crippen LogP contribution in [0.15, 0.2) is 53.6 Å². The van der Waals surface area contributed by atoms with Crippen molar-refractivity contribution in [2.45, 2.75) is 0 Å². The summed E-state index contributed by atoms with van der Waals surface area (Å²) in [6.07, 6.45) is 1.50. The average Bonchev–Trinajstić information content (AvgIpc) is 2.41. The summed E-state index contributed by atoms with van der Waals surface area (Å²) in [5.74, 6) is 0. The maximum Gasteiger partial charge on any atom is 0.270 e. The molecule has 0 aliphatic carbocycles. The second kappa shape index (κ2) is 5.97. The molecule has 0 heterocycles. The molecule has 1 N–H and O–H groups in total. The van der Waals surface area contributed by atoms with Crippen LogP contribution in [0, 0.1) is 10.1 Å². The van der Waals surface area contributed by atoms with E-state index >= 15 is 0 Å². The van der Waals surface area contributed by atoms with Gasteiger partial charge in [-0.3, -0.25) is 15.5 Å². The van der Waals surface area contributed by atoms with Crippen molar-refractivity contribution in [2.75, 3.05) is 5.43 Å². The van der Waals surface area contributed by atoms with E-state index < -0.39 is 4.92 Å². The third kappa shape index (κ3) is 3.53. The monoisotopic (exact) mass is 275 g/mol. The van der Waals surface area contributed by atoms with Gasteiger partial charge in [0.25, 0.3) is 5.69 Å². The zero-order chi connectivity index (χ0) is 13.7. The van der Waals surface area contributed by atoms with Gasteiger partial charge < -0.3 is 0 Å². The fourth-order valence-electron chi connectivity index (χ4n) is 1.45. The minimum absolute atomic E-state index is 0.0293. The van der Waals surface area contributed by atoms with Crippen molar-refractivity contribution in [3.05, 3.63) is 69.2 Å². The van der Waals surface area contributed by atoms with Crippen molar-refractivity contribution in [3.63, 3.8) is 0 Å². The molecule has 0 atom stereocenters. The van der Waals surface area contributed by atoms with Gasteiger partial charge in [0.15, 0.2) is 0 Å². The Morgan fingerprint density at radius 3 is 2.74 bits per heavy atom. The standard InChI is InChI=1S/C13H10ClN3O2/c14-12-6-1-2-7-13(12)16-15-9-10-4-3-5-11(8-10)17(18)19/h1-9,16H. The molecule has 0 radical (unpaired) electrons. The largest absolute Gasteiger partial charge is 0.277 e. The lowest BCUT2D eigenvalue weighted by Crippen LogP contribution is -1.93. The van der Waals surface area contributed by atoms with Gasteiger partial charge in [-0.1, -0.05) is 35.9 Å². The minimum Gasteiger partial charge on any atom is -0.277 e. The molecule has 0 saturated carbocycles. The third-order valence-electron chi connectivity index (χ3n) is 2.35. The highest BCUT2D eigenvalue weighted by molar-refractivity contribution is 6.33. The summed E-state index contributed by atoms with van der Waals surface area (Å²) in [6, 6.07) is 13.4. The SMILES string of the molecule is O=[N+]([O-])c1cccc(C=NNc2ccccc2Cl)c1. The van der Waals surface area contributed by atoms with E-state index in [-0.39, 0.29) is 5.69 Å². The number of non-ortho nitro benzene ring substituents is 1. The van der Waals surface area contributed by atoms with Gasteiger partial charge in [0.1, 0.15) is 0 Å². The number of para-hydroxylation sites is 1. The Labute approximate surface area is 114 Å². The normalized spacial score (nSPS) is 10.6. The maximum atomic E-state index is 10.6. The molecule has 2 aromatic carbocycles. The van der Waals surface area contributed by atoms with E-state index in [1.807, 2.05) is 12.1 Å². The average molecular weight is 276 g/mol. The lowest BCUT2D eigenvalue weighted by molar-refractivity contribution is -0.384. The van der Waals surface area contributed by atoms with Gasteiger partial charge in [0, 0.05) is 17.7 Å². The number of anilines is 1. The smallest absolute Gasteiger partial charge is 0.270 e. The number of halogens is 1. The summed E-state index contributed by atoms with van der Waals surface area (Å²) in [7, 11) is 0. The van der Waals surface area contributed by atoms with Crippen LogP contribution in [-0.4, -0.2) is 11.1 Å². The fraction of sp³-hybridized carbons (Fsp3) is 0. The second-order valence-electron chi connectivity index (χ2n) is 3.70. The highest BCUT2D eigenvalue weighted by atomic mass is 35.5. The van der Waals surface area contributed by atoms with Crippen molar-refractivity contribution in [1.82, 2.24) is 0 Å². The van der Waals surface area contributed by atoms with Crippen LogP contribution < -0.4 is 5.43 Å². The summed E-state index contributed by atoms with van der Waals surface area (Å²) < 4.78 is 0. The third-order valence-corrected chi connectivity index (χ3v) is 2.68. The highest BCUT2D eigenvalue weighted by Crippen LogP contribution is 2.20. The molecule has 0 aromatic heterocycles. The number of nitrogens with one attached hydrogen (secondary N) is 1. The molecule has 2 aromatic rings. The molecule has 5 nitrogen and oxygen atoms in total. The van der Waals surface area contributed by atoms with Gasteiger partial charge in [-0.15, -0.1) is 0 Å². The minimum atomic E-state index is -0.446. The van der Waals surface area contributed by atoms with Crippen molar-refractivity contribution < 1.29 is 4.92 Å². The number of rotatable bonds is 4. The molecule has 0 aliphatic rings. The maximum absolute atomic E-state index is 10.6. The molecule has 0 spiro atoms. The van der Waals surface area contributed by atoms with Crippen molar-refractivity contribution in [2.24, 2.45) is 5.10 Å². The first-order valence-corrected chi connectivity index (χ1v) is 5.82. The van der Waals surface area contributed by atoms with E-state index in [1.54, 1.807) is 24.3 Å². The lowest BCUT2D eigenvalue weighted by Gasteiger charge is -2.01. The molecule has 2 rings (SSSR count). The van der Waals surface area contributed by atoms with E-state index in [4.69, 9.17) is 11.6 Å². The fourth-order valence-corrected chi connectivity index (χ4v) is 1.62. The van der Waals surface area contributed by atoms with Crippen LogP contribution >= 0.6 is 11.6 Å². The summed E-state index contributed by atoms with van der Waals surface area (Å²) in [5, 5.41) is 15.2. The molecule has 0 bridgehead atoms. The molecule has 19 heavy (non-hydrogen) atoms. The topological polar surface area (TPSA) is 67.5 Å². The molecule has 6 heteroatoms. The molecular formula is C13H10ClN3O2. The Morgan fingerprint density at radius 2 is 2.00 bits per heavy atom. The second-order valence-corrected chi connectivity index (χ2v) is 4.11. The summed E-state index contributed by atoms with van der Waals surface area (Å²) in [6.45, 7) is 0. The van der Waals surface area contributed by atoms with Crippen molar-refractivity contribution in [1.29, 1.82) is 0 Å². The molecule has 0 amide bonds. The Balaban J connectivity index is 2.09. The number of benzene rings is 2. The van der Waals surface area contributed by atoms with Crippen LogP contribution in [0.2, 0.25) is 5.02 Å². The number of nitrogens with zero attached hydrogens (tertiary/aromatic N) is 2. The van der Waals surface area contributed by atoms with Crippen molar-refractivity contribution >= 4 is 29.2 Å². The van der Waals surface area contributed by atoms with Crippen LogP contribution in [0.4, 0.5) is 11.4 Å². The quantitative estimate of drug-likeness (QED) is 0.525. The molecule has 0 unspecified atom stereocenters. The van der Waals surface area contributed by atoms with Crippen LogP contribution in [0.1, 0.15) is 5.56 Å². The van der Waals surface area contributed by atoms with E-state index in [0.29, 0.717) is 16.3 Å². The zero-order valence-electron chi connectivity index (χ0n) is 9.79. The first-order chi connectivity index (χ1) is 9.16. The number of hydrazone groups is 1. The van der Waals surface area contributed by atoms with E-state index in [1.165, 1.54) is 18.3 Å². The Morgan fingerprint density at radius 1 is 1.21 bits per heavy atom. The highest BCUT2D eigenvalue weighted by Gasteiger charge is 2.03. The van der Waals surface area contributed by atoms with Crippen LogP contribution in [0.3, 0.4) is 0 Å². The van der Waals surface area contributed by atoms with Gasteiger partial charge in [-0.2, -0.15) is 5.10 Å². The Bertz CT molecular complexity index is 629. The molecule has 96 valence electrons. The van der Waals surface area contributed by atoms with Crippen LogP contribution in [0.5, 0.6) is 0 Å². The first kappa shape index (κ1) is 13.0. The van der Waals surface area contributed by atoms with Crippen molar-refractivity contribution in [3.8, 4) is 0 Å². The zero-order valence-corrected chi connectivity index (χ0v) is 10.5. The van der Waals surface area contributed by atoms with Gasteiger partial charge in [-0.05, 0) is 12.1 Å². The Hall–Kier alpha value is -2.40. The first-order valence-electron chi connectivity index (χ1n) is 5.45. The Kier molecular flexibility index (Phi) is 4.10. The van der Waals surface area contributed by atoms with Gasteiger partial charge in [0.05, 0.1) is 21.8 Å². The molecule has 0 saturated heterocycles. The van der Waals surface area contributed by atoms with Gasteiger partial charge in [0.2, 0.25) is 0 Å². The molecule has 0 fully saturated rings. The van der Waals surface area contributed by atoms with E-state index in [9.17, 15) is 10.1 Å². The van der Waals surface area contributed by atoms with Gasteiger partial charge >= 0.3 is 0 Å². The number of nitro groups is 1. The molecule has 0 aliphatic heterocycles. The predicted molar refractivity (Wildman–Crippen MR) is 75.8 cm³/mol. The molecular weight excluding hydrogens is 266 g/mol. The summed E-state index contributed by atoms with van der Waals surface area (Å²) in [5.41, 5.74) is 4.11. The number of nitro benzene ring substituents is 1. The van der Waals surface area contributed by atoms with E-state index in [0.717, 1.165) is 0 Å². The van der Waals surface area contributed by atoms with E-state index in [2.05, 4.69) is 10.5 Å². The van der Waals surface area contributed by atoms with Crippen LogP contribution in [0.25, 0.3) is 0 Å². The van der Waals surface area contributed by atoms with Gasteiger partial charge in [-0.25, -0.2) is 0 Å². The summed E-state index contributed by atoms with van der Waals surface area (Å²) in [4.78, 5) is 10.2. The van der Waals surface area contributed by atoms with Crippen LogP contribution in [-0.2, 0) is 0 Å². The predicted octanol–water partition coefficient (Wildman–Crippen LogP) is 3.69. The number of hydrogen-bond acceptors (Lipinski definition) is 4. The number of hydrogen-bond donors (Lipinski definition) is 1. The summed E-state index contributed by atoms with van der Waals surface area (Å²) >= 11 is 5.95. The lowest BCUT2D eigenvalue weighted by atomic mass is 10.2.